The van der Waals surface area contributed by atoms with E-state index in [1.54, 1.807) is 6.07 Å². The molecule has 0 aromatic heterocycles. The van der Waals surface area contributed by atoms with Gasteiger partial charge in [-0.1, -0.05) is 6.07 Å². The Labute approximate surface area is 136 Å². The standard InChI is InChI=1S/C17H12N2O5/c1-19-15(21)12-6-5-9(8-13(12)16(19)22)14(20)18-11-4-2-3-10(7-11)17(23)24/h2-8H,1H3,(H,18,20)(H,23,24). The van der Waals surface area contributed by atoms with E-state index in [0.717, 1.165) is 4.90 Å². The fourth-order valence-corrected chi connectivity index (χ4v) is 2.44. The van der Waals surface area contributed by atoms with Crippen molar-refractivity contribution < 1.29 is 24.3 Å². The Morgan fingerprint density at radius 2 is 1.67 bits per heavy atom. The van der Waals surface area contributed by atoms with E-state index >= 15 is 0 Å². The van der Waals surface area contributed by atoms with Crippen molar-refractivity contribution in [3.05, 3.63) is 64.7 Å². The molecule has 24 heavy (non-hydrogen) atoms. The molecule has 2 aromatic carbocycles. The number of fused-ring (bicyclic) bond motifs is 1. The number of benzene rings is 2. The molecule has 1 aliphatic heterocycles. The first-order chi connectivity index (χ1) is 11.4. The highest BCUT2D eigenvalue weighted by molar-refractivity contribution is 6.22. The van der Waals surface area contributed by atoms with E-state index in [1.807, 2.05) is 0 Å². The fourth-order valence-electron chi connectivity index (χ4n) is 2.44. The van der Waals surface area contributed by atoms with Gasteiger partial charge in [0.1, 0.15) is 0 Å². The van der Waals surface area contributed by atoms with Crippen molar-refractivity contribution in [1.29, 1.82) is 0 Å². The van der Waals surface area contributed by atoms with Gasteiger partial charge in [-0.05, 0) is 36.4 Å². The number of nitrogens with one attached hydrogen (secondary N) is 1. The summed E-state index contributed by atoms with van der Waals surface area (Å²) in [6.07, 6.45) is 0. The number of carbonyl (C=O) groups is 4. The zero-order chi connectivity index (χ0) is 17.4. The predicted octanol–water partition coefficient (Wildman–Crippen LogP) is 1.86. The lowest BCUT2D eigenvalue weighted by Crippen LogP contribution is -2.24. The maximum absolute atomic E-state index is 12.3. The van der Waals surface area contributed by atoms with Crippen LogP contribution < -0.4 is 5.32 Å². The van der Waals surface area contributed by atoms with E-state index in [9.17, 15) is 19.2 Å². The topological polar surface area (TPSA) is 104 Å². The molecule has 1 aliphatic rings. The monoisotopic (exact) mass is 324 g/mol. The van der Waals surface area contributed by atoms with E-state index in [0.29, 0.717) is 5.69 Å². The van der Waals surface area contributed by atoms with Gasteiger partial charge < -0.3 is 10.4 Å². The molecule has 2 aromatic rings. The molecule has 3 amide bonds. The molecule has 0 saturated carbocycles. The summed E-state index contributed by atoms with van der Waals surface area (Å²) in [6.45, 7) is 0. The van der Waals surface area contributed by atoms with Gasteiger partial charge in [-0.3, -0.25) is 19.3 Å². The van der Waals surface area contributed by atoms with Gasteiger partial charge in [-0.15, -0.1) is 0 Å². The molecule has 0 saturated heterocycles. The molecule has 0 fully saturated rings. The van der Waals surface area contributed by atoms with Crippen molar-refractivity contribution in [3.8, 4) is 0 Å². The van der Waals surface area contributed by atoms with Gasteiger partial charge in [0.25, 0.3) is 17.7 Å². The van der Waals surface area contributed by atoms with Crippen molar-refractivity contribution in [2.75, 3.05) is 12.4 Å². The Morgan fingerprint density at radius 1 is 0.958 bits per heavy atom. The second kappa shape index (κ2) is 5.62. The summed E-state index contributed by atoms with van der Waals surface area (Å²) >= 11 is 0. The Bertz CT molecular complexity index is 904. The first-order valence-electron chi connectivity index (χ1n) is 6.99. The molecule has 7 heteroatoms. The number of anilines is 1. The van der Waals surface area contributed by atoms with E-state index in [2.05, 4.69) is 5.32 Å². The van der Waals surface area contributed by atoms with Gasteiger partial charge in [-0.25, -0.2) is 4.79 Å². The number of hydrogen-bond acceptors (Lipinski definition) is 4. The minimum absolute atomic E-state index is 0.0455. The summed E-state index contributed by atoms with van der Waals surface area (Å²) in [4.78, 5) is 48.0. The van der Waals surface area contributed by atoms with Crippen molar-refractivity contribution in [3.63, 3.8) is 0 Å². The average Bonchev–Trinajstić information content (AvgIpc) is 2.79. The molecule has 0 bridgehead atoms. The quantitative estimate of drug-likeness (QED) is 0.839. The van der Waals surface area contributed by atoms with Gasteiger partial charge in [0.2, 0.25) is 0 Å². The summed E-state index contributed by atoms with van der Waals surface area (Å²) in [5.41, 5.74) is 0.997. The largest absolute Gasteiger partial charge is 0.478 e. The maximum atomic E-state index is 12.3. The predicted molar refractivity (Wildman–Crippen MR) is 84.2 cm³/mol. The molecule has 1 heterocycles. The zero-order valence-corrected chi connectivity index (χ0v) is 12.6. The molecular formula is C17H12N2O5. The van der Waals surface area contributed by atoms with Crippen LogP contribution >= 0.6 is 0 Å². The van der Waals surface area contributed by atoms with Gasteiger partial charge in [0.15, 0.2) is 0 Å². The zero-order valence-electron chi connectivity index (χ0n) is 12.6. The Hall–Kier alpha value is -3.48. The molecule has 3 rings (SSSR count). The summed E-state index contributed by atoms with van der Waals surface area (Å²) in [5.74, 6) is -2.47. The molecule has 0 unspecified atom stereocenters. The molecule has 0 atom stereocenters. The highest BCUT2D eigenvalue weighted by Gasteiger charge is 2.33. The number of rotatable bonds is 3. The van der Waals surface area contributed by atoms with Crippen LogP contribution in [0.2, 0.25) is 0 Å². The lowest BCUT2D eigenvalue weighted by molar-refractivity contribution is 0.0682. The van der Waals surface area contributed by atoms with Gasteiger partial charge >= 0.3 is 5.97 Å². The van der Waals surface area contributed by atoms with Crippen LogP contribution in [0.5, 0.6) is 0 Å². The third-order valence-corrected chi connectivity index (χ3v) is 3.72. The first-order valence-corrected chi connectivity index (χ1v) is 6.99. The van der Waals surface area contributed by atoms with Crippen LogP contribution in [0.3, 0.4) is 0 Å². The second-order valence-electron chi connectivity index (χ2n) is 5.27. The molecule has 7 nitrogen and oxygen atoms in total. The van der Waals surface area contributed by atoms with Crippen LogP contribution in [0.4, 0.5) is 5.69 Å². The Kier molecular flexibility index (Phi) is 3.61. The smallest absolute Gasteiger partial charge is 0.335 e. The molecule has 0 spiro atoms. The number of nitrogens with zero attached hydrogens (tertiary/aromatic N) is 1. The number of carboxylic acids is 1. The number of carbonyl (C=O) groups excluding carboxylic acids is 3. The van der Waals surface area contributed by atoms with E-state index in [4.69, 9.17) is 5.11 Å². The molecule has 2 N–H and O–H groups in total. The number of imide groups is 1. The molecular weight excluding hydrogens is 312 g/mol. The minimum Gasteiger partial charge on any atom is -0.478 e. The van der Waals surface area contributed by atoms with Gasteiger partial charge in [0.05, 0.1) is 16.7 Å². The average molecular weight is 324 g/mol. The highest BCUT2D eigenvalue weighted by Crippen LogP contribution is 2.23. The van der Waals surface area contributed by atoms with Crippen molar-refractivity contribution >= 4 is 29.4 Å². The number of carboxylic acid groups (broad SMARTS) is 1. The van der Waals surface area contributed by atoms with Gasteiger partial charge in [-0.2, -0.15) is 0 Å². The fraction of sp³-hybridized carbons (Fsp3) is 0.0588. The van der Waals surface area contributed by atoms with E-state index < -0.39 is 23.7 Å². The second-order valence-corrected chi connectivity index (χ2v) is 5.27. The van der Waals surface area contributed by atoms with Crippen LogP contribution in [0, 0.1) is 0 Å². The number of hydrogen-bond donors (Lipinski definition) is 2. The molecule has 0 aliphatic carbocycles. The van der Waals surface area contributed by atoms with Crippen LogP contribution in [0.25, 0.3) is 0 Å². The SMILES string of the molecule is CN1C(=O)c2ccc(C(=O)Nc3cccc(C(=O)O)c3)cc2C1=O. The lowest BCUT2D eigenvalue weighted by Gasteiger charge is -2.07. The molecule has 0 radical (unpaired) electrons. The van der Waals surface area contributed by atoms with E-state index in [-0.39, 0.29) is 22.3 Å². The lowest BCUT2D eigenvalue weighted by atomic mass is 10.1. The number of aromatic carboxylic acids is 1. The van der Waals surface area contributed by atoms with Crippen molar-refractivity contribution in [2.45, 2.75) is 0 Å². The van der Waals surface area contributed by atoms with Crippen molar-refractivity contribution in [2.24, 2.45) is 0 Å². The third-order valence-electron chi connectivity index (χ3n) is 3.72. The summed E-state index contributed by atoms with van der Waals surface area (Å²) < 4.78 is 0. The summed E-state index contributed by atoms with van der Waals surface area (Å²) in [6, 6.07) is 10.0. The van der Waals surface area contributed by atoms with Crippen LogP contribution in [0.15, 0.2) is 42.5 Å². The third kappa shape index (κ3) is 2.52. The van der Waals surface area contributed by atoms with Crippen LogP contribution in [-0.2, 0) is 0 Å². The van der Waals surface area contributed by atoms with Crippen molar-refractivity contribution in [1.82, 2.24) is 4.90 Å². The van der Waals surface area contributed by atoms with E-state index in [1.165, 1.54) is 43.4 Å². The maximum Gasteiger partial charge on any atom is 0.335 e. The Balaban J connectivity index is 1.87. The summed E-state index contributed by atoms with van der Waals surface area (Å²) in [5, 5.41) is 11.5. The normalized spacial score (nSPS) is 13.0. The number of amides is 3. The highest BCUT2D eigenvalue weighted by atomic mass is 16.4. The van der Waals surface area contributed by atoms with Crippen LogP contribution in [-0.4, -0.2) is 40.7 Å². The first kappa shape index (κ1) is 15.4. The minimum atomic E-state index is -1.10. The molecule has 120 valence electrons. The Morgan fingerprint density at radius 3 is 2.38 bits per heavy atom. The summed E-state index contributed by atoms with van der Waals surface area (Å²) in [7, 11) is 1.38. The van der Waals surface area contributed by atoms with Crippen LogP contribution in [0.1, 0.15) is 41.4 Å². The van der Waals surface area contributed by atoms with Gasteiger partial charge in [0, 0.05) is 18.3 Å².